The van der Waals surface area contributed by atoms with Crippen molar-refractivity contribution < 1.29 is 16.8 Å². The minimum atomic E-state index is -3.48. The van der Waals surface area contributed by atoms with Crippen molar-refractivity contribution in [2.24, 2.45) is 0 Å². The van der Waals surface area contributed by atoms with Gasteiger partial charge in [0, 0.05) is 11.4 Å². The molecule has 4 rings (SSSR count). The summed E-state index contributed by atoms with van der Waals surface area (Å²) in [5.41, 5.74) is 3.19. The van der Waals surface area contributed by atoms with Crippen molar-refractivity contribution in [2.75, 3.05) is 9.44 Å². The monoisotopic (exact) mass is 494 g/mol. The lowest BCUT2D eigenvalue weighted by Crippen LogP contribution is -2.12. The minimum Gasteiger partial charge on any atom is -0.280 e. The maximum Gasteiger partial charge on any atom is 0.261 e. The lowest BCUT2D eigenvalue weighted by atomic mass is 10.2. The van der Waals surface area contributed by atoms with E-state index in [-0.39, 0.29) is 9.79 Å². The van der Waals surface area contributed by atoms with E-state index in [2.05, 4.69) is 9.44 Å². The van der Waals surface area contributed by atoms with E-state index in [1.165, 1.54) is 0 Å². The maximum atomic E-state index is 12.0. The molecule has 0 bridgehead atoms. The lowest BCUT2D eigenvalue weighted by molar-refractivity contribution is 0.599. The van der Waals surface area contributed by atoms with Crippen molar-refractivity contribution in [1.29, 1.82) is 0 Å². The van der Waals surface area contributed by atoms with Crippen molar-refractivity contribution in [3.05, 3.63) is 120 Å². The standard InChI is InChI=1S/2C13H13NO2S/c2*1-11-7-9-13(10-8-11)17(15,16)14-12-5-3-2-4-6-12/h2*2-10,14H,1H3. The van der Waals surface area contributed by atoms with Crippen molar-refractivity contribution in [2.45, 2.75) is 23.6 Å². The predicted molar refractivity (Wildman–Crippen MR) is 137 cm³/mol. The van der Waals surface area contributed by atoms with Crippen LogP contribution in [0.4, 0.5) is 11.4 Å². The Labute approximate surface area is 201 Å². The van der Waals surface area contributed by atoms with Gasteiger partial charge in [0.2, 0.25) is 0 Å². The van der Waals surface area contributed by atoms with Gasteiger partial charge in [0.05, 0.1) is 9.79 Å². The SMILES string of the molecule is Cc1ccc(S(=O)(=O)Nc2ccccc2)cc1.Cc1ccc(S(=O)(=O)Nc2ccccc2)cc1. The highest BCUT2D eigenvalue weighted by Gasteiger charge is 2.14. The largest absolute Gasteiger partial charge is 0.280 e. The number of para-hydroxylation sites is 2. The van der Waals surface area contributed by atoms with Crippen molar-refractivity contribution in [3.8, 4) is 0 Å². The number of anilines is 2. The van der Waals surface area contributed by atoms with Gasteiger partial charge in [-0.2, -0.15) is 0 Å². The van der Waals surface area contributed by atoms with Crippen LogP contribution in [-0.2, 0) is 20.0 Å². The van der Waals surface area contributed by atoms with E-state index in [1.54, 1.807) is 97.1 Å². The van der Waals surface area contributed by atoms with Crippen molar-refractivity contribution in [3.63, 3.8) is 0 Å². The smallest absolute Gasteiger partial charge is 0.261 e. The van der Waals surface area contributed by atoms with Gasteiger partial charge >= 0.3 is 0 Å². The number of hydrogen-bond donors (Lipinski definition) is 2. The van der Waals surface area contributed by atoms with Crippen LogP contribution in [-0.4, -0.2) is 16.8 Å². The van der Waals surface area contributed by atoms with Crippen LogP contribution in [0.25, 0.3) is 0 Å². The van der Waals surface area contributed by atoms with E-state index in [9.17, 15) is 16.8 Å². The van der Waals surface area contributed by atoms with Crippen LogP contribution < -0.4 is 9.44 Å². The van der Waals surface area contributed by atoms with E-state index >= 15 is 0 Å². The Hall–Kier alpha value is -3.62. The van der Waals surface area contributed by atoms with Crippen LogP contribution in [0.15, 0.2) is 119 Å². The fourth-order valence-corrected chi connectivity index (χ4v) is 4.99. The Balaban J connectivity index is 0.000000191. The molecule has 0 spiro atoms. The van der Waals surface area contributed by atoms with Crippen LogP contribution in [0.1, 0.15) is 11.1 Å². The number of benzene rings is 4. The molecule has 0 aliphatic heterocycles. The summed E-state index contributed by atoms with van der Waals surface area (Å²) in [6, 6.07) is 31.2. The third-order valence-corrected chi connectivity index (χ3v) is 7.51. The molecule has 2 N–H and O–H groups in total. The molecule has 0 aliphatic carbocycles. The lowest BCUT2D eigenvalue weighted by Gasteiger charge is -2.07. The molecule has 34 heavy (non-hydrogen) atoms. The number of sulfonamides is 2. The molecule has 0 heterocycles. The van der Waals surface area contributed by atoms with Gasteiger partial charge in [0.25, 0.3) is 20.0 Å². The Morgan fingerprint density at radius 2 is 0.735 bits per heavy atom. The van der Waals surface area contributed by atoms with Crippen molar-refractivity contribution >= 4 is 31.4 Å². The second kappa shape index (κ2) is 11.0. The van der Waals surface area contributed by atoms with Gasteiger partial charge in [0.1, 0.15) is 0 Å². The van der Waals surface area contributed by atoms with Crippen LogP contribution in [0.5, 0.6) is 0 Å². The third-order valence-electron chi connectivity index (χ3n) is 4.71. The quantitative estimate of drug-likeness (QED) is 0.365. The Morgan fingerprint density at radius 3 is 1.03 bits per heavy atom. The molecule has 8 heteroatoms. The van der Waals surface area contributed by atoms with E-state index in [0.29, 0.717) is 11.4 Å². The number of nitrogens with one attached hydrogen (secondary N) is 2. The molecule has 0 radical (unpaired) electrons. The fourth-order valence-electron chi connectivity index (χ4n) is 2.88. The van der Waals surface area contributed by atoms with Crippen LogP contribution in [0, 0.1) is 13.8 Å². The van der Waals surface area contributed by atoms with Crippen LogP contribution in [0.3, 0.4) is 0 Å². The first kappa shape index (κ1) is 25.0. The molecule has 0 aromatic heterocycles. The minimum absolute atomic E-state index is 0.270. The van der Waals surface area contributed by atoms with Crippen LogP contribution in [0.2, 0.25) is 0 Å². The molecule has 0 aliphatic rings. The Morgan fingerprint density at radius 1 is 0.441 bits per heavy atom. The van der Waals surface area contributed by atoms with E-state index < -0.39 is 20.0 Å². The predicted octanol–water partition coefficient (Wildman–Crippen LogP) is 5.59. The summed E-state index contributed by atoms with van der Waals surface area (Å²) < 4.78 is 53.1. The highest BCUT2D eigenvalue weighted by Crippen LogP contribution is 2.17. The van der Waals surface area contributed by atoms with Gasteiger partial charge in [-0.3, -0.25) is 9.44 Å². The molecule has 4 aromatic carbocycles. The molecule has 6 nitrogen and oxygen atoms in total. The van der Waals surface area contributed by atoms with Gasteiger partial charge in [-0.05, 0) is 62.4 Å². The fraction of sp³-hybridized carbons (Fsp3) is 0.0769. The Bertz CT molecular complexity index is 1290. The summed E-state index contributed by atoms with van der Waals surface area (Å²) >= 11 is 0. The zero-order valence-electron chi connectivity index (χ0n) is 18.8. The third kappa shape index (κ3) is 7.19. The number of aryl methyl sites for hydroxylation is 2. The normalized spacial score (nSPS) is 11.1. The topological polar surface area (TPSA) is 92.3 Å². The second-order valence-corrected chi connectivity index (χ2v) is 10.9. The molecule has 0 atom stereocenters. The van der Waals surface area contributed by atoms with Gasteiger partial charge in [-0.25, -0.2) is 16.8 Å². The summed E-state index contributed by atoms with van der Waals surface area (Å²) in [6.45, 7) is 3.84. The first-order valence-corrected chi connectivity index (χ1v) is 13.4. The summed E-state index contributed by atoms with van der Waals surface area (Å²) in [5, 5.41) is 0. The molecule has 0 unspecified atom stereocenters. The first-order valence-electron chi connectivity index (χ1n) is 10.4. The van der Waals surface area contributed by atoms with Crippen molar-refractivity contribution in [1.82, 2.24) is 0 Å². The maximum absolute atomic E-state index is 12.0. The summed E-state index contributed by atoms with van der Waals surface area (Å²) in [6.07, 6.45) is 0. The number of hydrogen-bond acceptors (Lipinski definition) is 4. The highest BCUT2D eigenvalue weighted by molar-refractivity contribution is 7.93. The highest BCUT2D eigenvalue weighted by atomic mass is 32.2. The second-order valence-electron chi connectivity index (χ2n) is 7.57. The molecule has 0 amide bonds. The summed E-state index contributed by atoms with van der Waals surface area (Å²) in [4.78, 5) is 0.541. The number of rotatable bonds is 6. The average Bonchev–Trinajstić information content (AvgIpc) is 2.81. The molecule has 176 valence electrons. The molecular weight excluding hydrogens is 468 g/mol. The molecule has 0 fully saturated rings. The molecule has 4 aromatic rings. The van der Waals surface area contributed by atoms with E-state index in [0.717, 1.165) is 11.1 Å². The summed E-state index contributed by atoms with van der Waals surface area (Å²) in [7, 11) is -6.96. The van der Waals surface area contributed by atoms with E-state index in [4.69, 9.17) is 0 Å². The summed E-state index contributed by atoms with van der Waals surface area (Å²) in [5.74, 6) is 0. The zero-order chi connectivity index (χ0) is 24.6. The first-order chi connectivity index (χ1) is 16.2. The average molecular weight is 495 g/mol. The molecule has 0 saturated carbocycles. The zero-order valence-corrected chi connectivity index (χ0v) is 20.5. The Kier molecular flexibility index (Phi) is 8.09. The van der Waals surface area contributed by atoms with Gasteiger partial charge < -0.3 is 0 Å². The van der Waals surface area contributed by atoms with E-state index in [1.807, 2.05) is 26.0 Å². The van der Waals surface area contributed by atoms with Gasteiger partial charge in [-0.15, -0.1) is 0 Å². The van der Waals surface area contributed by atoms with Crippen LogP contribution >= 0.6 is 0 Å². The molecule has 0 saturated heterocycles. The van der Waals surface area contributed by atoms with Gasteiger partial charge in [-0.1, -0.05) is 71.8 Å². The molecular formula is C26H26N2O4S2. The van der Waals surface area contributed by atoms with Gasteiger partial charge in [0.15, 0.2) is 0 Å².